The van der Waals surface area contributed by atoms with Crippen molar-refractivity contribution in [3.05, 3.63) is 32.6 Å². The molecule has 2 rings (SSSR count). The molecule has 0 fully saturated rings. The highest BCUT2D eigenvalue weighted by molar-refractivity contribution is 5.79. The maximum Gasteiger partial charge on any atom is 0.332 e. The highest BCUT2D eigenvalue weighted by atomic mass is 16.2. The van der Waals surface area contributed by atoms with Crippen LogP contribution in [-0.2, 0) is 25.4 Å². The van der Waals surface area contributed by atoms with Crippen molar-refractivity contribution in [2.24, 2.45) is 14.1 Å². The van der Waals surface area contributed by atoms with Gasteiger partial charge in [-0.3, -0.25) is 13.9 Å². The number of unbranched alkanes of at least 4 members (excludes halogenated alkanes) is 1. The quantitative estimate of drug-likeness (QED) is 0.776. The first-order chi connectivity index (χ1) is 12.3. The minimum atomic E-state index is -2.66. The van der Waals surface area contributed by atoms with E-state index >= 15 is 0 Å². The molecule has 0 saturated carbocycles. The number of aromatic nitrogens is 3. The van der Waals surface area contributed by atoms with Crippen LogP contribution >= 0.6 is 0 Å². The van der Waals surface area contributed by atoms with Gasteiger partial charge < -0.3 is 9.36 Å². The molecule has 0 spiro atoms. The van der Waals surface area contributed by atoms with Crippen molar-refractivity contribution in [2.75, 3.05) is 0 Å². The number of carbonyl (C=O) groups excluding carboxylic acids is 1. The molecule has 0 aliphatic heterocycles. The van der Waals surface area contributed by atoms with Gasteiger partial charge in [0.15, 0.2) is 0 Å². The van der Waals surface area contributed by atoms with E-state index < -0.39 is 30.7 Å². The highest BCUT2D eigenvalue weighted by Gasteiger charge is 2.15. The van der Waals surface area contributed by atoms with E-state index in [4.69, 9.17) is 8.22 Å². The molecule has 6 heteroatoms. The molecule has 21 heavy (non-hydrogen) atoms. The minimum Gasteiger partial charge on any atom is -0.336 e. The van der Waals surface area contributed by atoms with E-state index in [0.717, 1.165) is 4.57 Å². The second kappa shape index (κ2) is 5.71. The van der Waals surface area contributed by atoms with Gasteiger partial charge in [0.2, 0.25) is 0 Å². The summed E-state index contributed by atoms with van der Waals surface area (Å²) in [4.78, 5) is 36.8. The fourth-order valence-electron chi connectivity index (χ4n) is 2.48. The van der Waals surface area contributed by atoms with E-state index in [-0.39, 0.29) is 42.4 Å². The fraction of sp³-hybridized carbons (Fsp3) is 0.533. The Hall–Kier alpha value is -2.11. The number of fused-ring (bicyclic) bond motifs is 1. The third-order valence-electron chi connectivity index (χ3n) is 3.48. The van der Waals surface area contributed by atoms with Crippen LogP contribution in [0.4, 0.5) is 0 Å². The molecule has 0 aromatic carbocycles. The van der Waals surface area contributed by atoms with E-state index in [1.165, 1.54) is 22.4 Å². The second-order valence-corrected chi connectivity index (χ2v) is 5.03. The van der Waals surface area contributed by atoms with Gasteiger partial charge in [-0.25, -0.2) is 4.79 Å². The van der Waals surface area contributed by atoms with Crippen LogP contribution in [0.15, 0.2) is 15.8 Å². The molecular formula is C15H21N3O3. The van der Waals surface area contributed by atoms with Crippen LogP contribution < -0.4 is 11.2 Å². The lowest BCUT2D eigenvalue weighted by molar-refractivity contribution is -0.117. The number of rotatable bonds is 5. The van der Waals surface area contributed by atoms with E-state index in [2.05, 4.69) is 0 Å². The summed E-state index contributed by atoms with van der Waals surface area (Å²) in [6.07, 6.45) is 1.57. The summed E-state index contributed by atoms with van der Waals surface area (Å²) in [7, 11) is 3.00. The molecule has 2 heterocycles. The number of Topliss-reactive ketones (excluding diaryl/α,β-unsaturated/α-hetero) is 1. The Morgan fingerprint density at radius 1 is 1.29 bits per heavy atom. The van der Waals surface area contributed by atoms with Crippen molar-refractivity contribution in [1.29, 1.82) is 0 Å². The molecule has 0 radical (unpaired) electrons. The van der Waals surface area contributed by atoms with Gasteiger partial charge in [-0.1, -0.05) is 0 Å². The monoisotopic (exact) mass is 297 g/mol. The van der Waals surface area contributed by atoms with Gasteiger partial charge >= 0.3 is 5.69 Å². The number of hydrogen-bond acceptors (Lipinski definition) is 3. The van der Waals surface area contributed by atoms with E-state index in [1.54, 1.807) is 7.05 Å². The number of ketones is 1. The molecule has 0 N–H and O–H groups in total. The smallest absolute Gasteiger partial charge is 0.332 e. The average molecular weight is 297 g/mol. The molecule has 6 nitrogen and oxygen atoms in total. The summed E-state index contributed by atoms with van der Waals surface area (Å²) in [5.41, 5.74) is -1.23. The molecule has 2 aromatic heterocycles. The number of aryl methyl sites for hydroxylation is 3. The zero-order valence-corrected chi connectivity index (χ0v) is 12.0. The summed E-state index contributed by atoms with van der Waals surface area (Å²) in [5.74, 6) is -0.869. The van der Waals surface area contributed by atoms with Crippen molar-refractivity contribution < 1.29 is 13.0 Å². The van der Waals surface area contributed by atoms with Crippen molar-refractivity contribution >= 4 is 16.8 Å². The summed E-state index contributed by atoms with van der Waals surface area (Å²) < 4.78 is 47.5. The molecule has 0 atom stereocenters. The minimum absolute atomic E-state index is 0.0366. The van der Waals surface area contributed by atoms with Crippen molar-refractivity contribution in [1.82, 2.24) is 13.7 Å². The van der Waals surface area contributed by atoms with E-state index in [0.29, 0.717) is 0 Å². The molecule has 0 bridgehead atoms. The molecule has 0 aliphatic carbocycles. The van der Waals surface area contributed by atoms with Gasteiger partial charge in [0, 0.05) is 41.5 Å². The van der Waals surface area contributed by atoms with Crippen LogP contribution in [0.5, 0.6) is 0 Å². The fourth-order valence-corrected chi connectivity index (χ4v) is 2.48. The van der Waals surface area contributed by atoms with Crippen LogP contribution in [0.2, 0.25) is 0 Å². The van der Waals surface area contributed by atoms with Gasteiger partial charge in [-0.05, 0) is 32.1 Å². The molecular weight excluding hydrogens is 270 g/mol. The van der Waals surface area contributed by atoms with Crippen LogP contribution in [-0.4, -0.2) is 19.5 Å². The Balaban J connectivity index is 2.40. The van der Waals surface area contributed by atoms with Crippen LogP contribution in [0.1, 0.15) is 39.9 Å². The molecule has 0 aliphatic rings. The number of hydrogen-bond donors (Lipinski definition) is 0. The Morgan fingerprint density at radius 2 is 2.05 bits per heavy atom. The van der Waals surface area contributed by atoms with Gasteiger partial charge in [-0.15, -0.1) is 0 Å². The van der Waals surface area contributed by atoms with Crippen molar-refractivity contribution in [3.63, 3.8) is 0 Å². The first-order valence-corrected chi connectivity index (χ1v) is 6.59. The predicted octanol–water partition coefficient (Wildman–Crippen LogP) is 1.11. The zero-order chi connectivity index (χ0) is 20.7. The lowest BCUT2D eigenvalue weighted by Gasteiger charge is -2.09. The highest BCUT2D eigenvalue weighted by Crippen LogP contribution is 2.13. The number of nitrogens with zero attached hydrogens (tertiary/aromatic N) is 3. The molecule has 0 unspecified atom stereocenters. The van der Waals surface area contributed by atoms with E-state index in [9.17, 15) is 14.4 Å². The molecule has 114 valence electrons. The summed E-state index contributed by atoms with van der Waals surface area (Å²) >= 11 is 0. The van der Waals surface area contributed by atoms with Crippen LogP contribution in [0, 0.1) is 6.85 Å². The van der Waals surface area contributed by atoms with Gasteiger partial charge in [0.25, 0.3) is 5.56 Å². The normalized spacial score (nSPS) is 16.7. The van der Waals surface area contributed by atoms with Gasteiger partial charge in [-0.2, -0.15) is 0 Å². The Bertz CT molecular complexity index is 994. The largest absolute Gasteiger partial charge is 0.336 e. The maximum absolute atomic E-state index is 12.8. The third kappa shape index (κ3) is 2.70. The van der Waals surface area contributed by atoms with Crippen molar-refractivity contribution in [2.45, 2.75) is 39.5 Å². The summed E-state index contributed by atoms with van der Waals surface area (Å²) in [5, 5.41) is -0.0434. The summed E-state index contributed by atoms with van der Waals surface area (Å²) in [6.45, 7) is -5.21. The lowest BCUT2D eigenvalue weighted by Crippen LogP contribution is -2.39. The van der Waals surface area contributed by atoms with Crippen molar-refractivity contribution in [3.8, 4) is 0 Å². The van der Waals surface area contributed by atoms with Gasteiger partial charge in [0.1, 0.15) is 11.4 Å². The van der Waals surface area contributed by atoms with Crippen LogP contribution in [0.3, 0.4) is 0 Å². The Morgan fingerprint density at radius 3 is 2.71 bits per heavy atom. The standard InChI is InChI=1S/C15H21N3O3/c1-10-9-16(3)13-12(10)14(20)18(15(21)17(13)4)8-6-5-7-11(2)19/h9H,5-8H2,1-4H3/i1D3,2D3. The first-order valence-electron chi connectivity index (χ1n) is 9.59. The average Bonchev–Trinajstić information content (AvgIpc) is 2.88. The van der Waals surface area contributed by atoms with E-state index in [1.807, 2.05) is 0 Å². The molecule has 2 aromatic rings. The molecule has 0 amide bonds. The molecule has 0 saturated heterocycles. The number of carbonyl (C=O) groups is 1. The zero-order valence-electron chi connectivity index (χ0n) is 18.0. The maximum atomic E-state index is 12.8. The predicted molar refractivity (Wildman–Crippen MR) is 81.7 cm³/mol. The lowest BCUT2D eigenvalue weighted by atomic mass is 10.2. The Kier molecular flexibility index (Phi) is 2.45. The van der Waals surface area contributed by atoms with Gasteiger partial charge in [0.05, 0.1) is 5.39 Å². The first kappa shape index (κ1) is 9.02. The third-order valence-corrected chi connectivity index (χ3v) is 3.48. The second-order valence-electron chi connectivity index (χ2n) is 5.03. The SMILES string of the molecule is [2H]C([2H])([2H])C(=O)CCCCn1c(=O)c2c(C([2H])([2H])[2H])cn(C)c2n(C)c1=O. The topological polar surface area (TPSA) is 66.0 Å². The Labute approximate surface area is 131 Å². The van der Waals surface area contributed by atoms with Crippen LogP contribution in [0.25, 0.3) is 11.0 Å². The summed E-state index contributed by atoms with van der Waals surface area (Å²) in [6, 6.07) is 0.